The number of fused-ring (bicyclic) bond motifs is 1. The molecular weight excluding hydrogens is 479 g/mol. The summed E-state index contributed by atoms with van der Waals surface area (Å²) >= 11 is 0. The van der Waals surface area contributed by atoms with Crippen molar-refractivity contribution in [1.82, 2.24) is 19.5 Å². The maximum Gasteiger partial charge on any atom is 0.303 e. The lowest BCUT2D eigenvalue weighted by molar-refractivity contribution is -0.166. The number of ether oxygens (including phenoxy) is 4. The Kier molecular flexibility index (Phi) is 7.01. The maximum absolute atomic E-state index is 13.7. The fourth-order valence-corrected chi connectivity index (χ4v) is 3.89. The lowest BCUT2D eigenvalue weighted by Gasteiger charge is -2.23. The molecule has 3 heterocycles. The SMILES string of the molecule is CC(=O)OC[C@H]1O[C@@H](n2cnc3c(C(=O)c4cccc(F)c4)ncnc32)[C@H](OC(C)=O)[C@@H]1OC(C)=O. The number of rotatable bonds is 7. The predicted molar refractivity (Wildman–Crippen MR) is 117 cm³/mol. The molecular formula is C23H21FN4O8. The highest BCUT2D eigenvalue weighted by Gasteiger charge is 2.51. The molecule has 0 unspecified atom stereocenters. The van der Waals surface area contributed by atoms with Gasteiger partial charge in [-0.2, -0.15) is 0 Å². The lowest BCUT2D eigenvalue weighted by Crippen LogP contribution is -2.40. The van der Waals surface area contributed by atoms with Crippen molar-refractivity contribution in [2.45, 2.75) is 45.3 Å². The molecule has 1 fully saturated rings. The van der Waals surface area contributed by atoms with Crippen molar-refractivity contribution in [3.8, 4) is 0 Å². The Morgan fingerprint density at radius 2 is 1.72 bits per heavy atom. The van der Waals surface area contributed by atoms with Crippen LogP contribution in [0.1, 0.15) is 43.1 Å². The topological polar surface area (TPSA) is 149 Å². The van der Waals surface area contributed by atoms with Crippen molar-refractivity contribution in [2.24, 2.45) is 0 Å². The van der Waals surface area contributed by atoms with E-state index in [1.165, 1.54) is 49.9 Å². The zero-order valence-electron chi connectivity index (χ0n) is 19.4. The standard InChI is InChI=1S/C23H21FN4O8/c1-11(29)33-8-16-20(34-12(2)30)21(35-13(3)31)23(36-16)28-10-27-18-17(25-9-26-22(18)28)19(32)14-5-4-6-15(24)7-14/h4-7,9-10,16,20-21,23H,8H2,1-3H3/t16-,20-,21-,23-/m1/s1. The molecule has 12 nitrogen and oxygen atoms in total. The summed E-state index contributed by atoms with van der Waals surface area (Å²) < 4.78 is 36.8. The number of halogens is 1. The molecule has 3 aromatic rings. The van der Waals surface area contributed by atoms with E-state index in [-0.39, 0.29) is 29.0 Å². The van der Waals surface area contributed by atoms with E-state index in [2.05, 4.69) is 15.0 Å². The number of hydrogen-bond acceptors (Lipinski definition) is 11. The van der Waals surface area contributed by atoms with E-state index in [4.69, 9.17) is 18.9 Å². The van der Waals surface area contributed by atoms with Crippen LogP contribution >= 0.6 is 0 Å². The predicted octanol–water partition coefficient (Wildman–Crippen LogP) is 1.52. The Hall–Kier alpha value is -4.26. The van der Waals surface area contributed by atoms with Gasteiger partial charge in [0, 0.05) is 26.3 Å². The summed E-state index contributed by atoms with van der Waals surface area (Å²) in [6, 6.07) is 5.12. The van der Waals surface area contributed by atoms with Gasteiger partial charge in [0.2, 0.25) is 5.78 Å². The third-order valence-corrected chi connectivity index (χ3v) is 5.28. The fraction of sp³-hybridized carbons (Fsp3) is 0.348. The summed E-state index contributed by atoms with van der Waals surface area (Å²) in [7, 11) is 0. The minimum atomic E-state index is -1.17. The first-order valence-electron chi connectivity index (χ1n) is 10.8. The zero-order valence-corrected chi connectivity index (χ0v) is 19.4. The van der Waals surface area contributed by atoms with Crippen LogP contribution in [0.4, 0.5) is 4.39 Å². The van der Waals surface area contributed by atoms with Crippen LogP contribution in [0, 0.1) is 5.82 Å². The minimum Gasteiger partial charge on any atom is -0.463 e. The molecule has 0 saturated carbocycles. The molecule has 1 aliphatic heterocycles. The molecule has 4 rings (SSSR count). The molecule has 2 aromatic heterocycles. The van der Waals surface area contributed by atoms with Crippen LogP contribution in [0.3, 0.4) is 0 Å². The van der Waals surface area contributed by atoms with Gasteiger partial charge in [-0.05, 0) is 12.1 Å². The van der Waals surface area contributed by atoms with Crippen LogP contribution in [-0.2, 0) is 33.3 Å². The van der Waals surface area contributed by atoms with Gasteiger partial charge in [-0.1, -0.05) is 12.1 Å². The number of imidazole rings is 1. The van der Waals surface area contributed by atoms with E-state index in [0.717, 1.165) is 12.4 Å². The Morgan fingerprint density at radius 1 is 1.00 bits per heavy atom. The van der Waals surface area contributed by atoms with Gasteiger partial charge in [0.1, 0.15) is 36.1 Å². The minimum absolute atomic E-state index is 0.0656. The van der Waals surface area contributed by atoms with Crippen LogP contribution < -0.4 is 0 Å². The molecule has 13 heteroatoms. The summed E-state index contributed by atoms with van der Waals surface area (Å²) in [5, 5.41) is 0. The third kappa shape index (κ3) is 5.05. The van der Waals surface area contributed by atoms with Crippen LogP contribution in [-0.4, -0.2) is 68.1 Å². The number of ketones is 1. The summed E-state index contributed by atoms with van der Waals surface area (Å²) in [6.45, 7) is 3.26. The molecule has 0 N–H and O–H groups in total. The molecule has 188 valence electrons. The summed E-state index contributed by atoms with van der Waals surface area (Å²) in [5.74, 6) is -3.11. The number of aromatic nitrogens is 4. The first-order chi connectivity index (χ1) is 17.2. The van der Waals surface area contributed by atoms with E-state index in [1.54, 1.807) is 0 Å². The van der Waals surface area contributed by atoms with Gasteiger partial charge in [-0.3, -0.25) is 23.7 Å². The second kappa shape index (κ2) is 10.2. The largest absolute Gasteiger partial charge is 0.463 e. The van der Waals surface area contributed by atoms with E-state index >= 15 is 0 Å². The Labute approximate surface area is 203 Å². The Bertz CT molecular complexity index is 1340. The third-order valence-electron chi connectivity index (χ3n) is 5.28. The van der Waals surface area contributed by atoms with Crippen molar-refractivity contribution >= 4 is 34.9 Å². The molecule has 4 atom stereocenters. The van der Waals surface area contributed by atoms with Gasteiger partial charge in [0.25, 0.3) is 0 Å². The van der Waals surface area contributed by atoms with Crippen molar-refractivity contribution in [2.75, 3.05) is 6.61 Å². The van der Waals surface area contributed by atoms with Gasteiger partial charge < -0.3 is 18.9 Å². The second-order valence-electron chi connectivity index (χ2n) is 7.90. The van der Waals surface area contributed by atoms with Gasteiger partial charge in [0.15, 0.2) is 24.1 Å². The van der Waals surface area contributed by atoms with Gasteiger partial charge in [-0.25, -0.2) is 19.3 Å². The second-order valence-corrected chi connectivity index (χ2v) is 7.90. The Morgan fingerprint density at radius 3 is 2.39 bits per heavy atom. The average molecular weight is 500 g/mol. The number of nitrogens with zero attached hydrogens (tertiary/aromatic N) is 4. The highest BCUT2D eigenvalue weighted by molar-refractivity contribution is 6.13. The van der Waals surface area contributed by atoms with Crippen LogP contribution in [0.15, 0.2) is 36.9 Å². The number of carbonyl (C=O) groups excluding carboxylic acids is 4. The first-order valence-corrected chi connectivity index (χ1v) is 10.8. The van der Waals surface area contributed by atoms with Crippen LogP contribution in [0.25, 0.3) is 11.2 Å². The van der Waals surface area contributed by atoms with Crippen molar-refractivity contribution in [3.05, 3.63) is 54.0 Å². The molecule has 0 spiro atoms. The fourth-order valence-electron chi connectivity index (χ4n) is 3.89. The van der Waals surface area contributed by atoms with E-state index in [0.29, 0.717) is 0 Å². The van der Waals surface area contributed by atoms with E-state index in [9.17, 15) is 23.6 Å². The number of esters is 3. The zero-order chi connectivity index (χ0) is 26.0. The molecule has 0 bridgehead atoms. The smallest absolute Gasteiger partial charge is 0.303 e. The first kappa shape index (κ1) is 24.9. The molecule has 0 aliphatic carbocycles. The van der Waals surface area contributed by atoms with Gasteiger partial charge in [0.05, 0.1) is 6.33 Å². The van der Waals surface area contributed by atoms with Crippen LogP contribution in [0.2, 0.25) is 0 Å². The van der Waals surface area contributed by atoms with Gasteiger partial charge in [-0.15, -0.1) is 0 Å². The highest BCUT2D eigenvalue weighted by atomic mass is 19.1. The molecule has 1 aromatic carbocycles. The van der Waals surface area contributed by atoms with E-state index < -0.39 is 54.0 Å². The van der Waals surface area contributed by atoms with E-state index in [1.807, 2.05) is 0 Å². The van der Waals surface area contributed by atoms with Crippen molar-refractivity contribution in [1.29, 1.82) is 0 Å². The molecule has 0 radical (unpaired) electrons. The summed E-state index contributed by atoms with van der Waals surface area (Å²) in [5.41, 5.74) is 0.209. The Balaban J connectivity index is 1.75. The molecule has 1 saturated heterocycles. The van der Waals surface area contributed by atoms with Crippen molar-refractivity contribution < 1.29 is 42.5 Å². The number of carbonyl (C=O) groups is 4. The summed E-state index contributed by atoms with van der Waals surface area (Å²) in [4.78, 5) is 60.5. The normalized spacial score (nSPS) is 21.2. The molecule has 0 amide bonds. The lowest BCUT2D eigenvalue weighted by atomic mass is 10.1. The molecule has 36 heavy (non-hydrogen) atoms. The highest BCUT2D eigenvalue weighted by Crippen LogP contribution is 2.36. The van der Waals surface area contributed by atoms with Crippen molar-refractivity contribution in [3.63, 3.8) is 0 Å². The number of benzene rings is 1. The molecule has 1 aliphatic rings. The van der Waals surface area contributed by atoms with Gasteiger partial charge >= 0.3 is 17.9 Å². The summed E-state index contributed by atoms with van der Waals surface area (Å²) in [6.07, 6.45) is -1.97. The monoisotopic (exact) mass is 500 g/mol. The van der Waals surface area contributed by atoms with Crippen LogP contribution in [0.5, 0.6) is 0 Å². The quantitative estimate of drug-likeness (QED) is 0.264. The number of hydrogen-bond donors (Lipinski definition) is 0. The maximum atomic E-state index is 13.7. The average Bonchev–Trinajstić information content (AvgIpc) is 3.38.